The van der Waals surface area contributed by atoms with Crippen molar-refractivity contribution in [2.45, 2.75) is 38.3 Å². The zero-order valence-corrected chi connectivity index (χ0v) is 15.0. The zero-order valence-electron chi connectivity index (χ0n) is 15.0. The lowest BCUT2D eigenvalue weighted by Gasteiger charge is -2.24. The Hall–Kier alpha value is -2.64. The first-order chi connectivity index (χ1) is 12.6. The normalized spacial score (nSPS) is 19.7. The molecular formula is C18H24N6O2. The Labute approximate surface area is 152 Å². The number of amides is 2. The average molecular weight is 356 g/mol. The lowest BCUT2D eigenvalue weighted by atomic mass is 10.2. The number of aromatic nitrogens is 4. The molecule has 138 valence electrons. The van der Waals surface area contributed by atoms with E-state index in [1.54, 1.807) is 30.3 Å². The minimum atomic E-state index is -0.158. The van der Waals surface area contributed by atoms with Gasteiger partial charge >= 0.3 is 0 Å². The summed E-state index contributed by atoms with van der Waals surface area (Å²) in [7, 11) is 1.78. The quantitative estimate of drug-likeness (QED) is 0.839. The lowest BCUT2D eigenvalue weighted by molar-refractivity contribution is 0.0725. The number of carbonyl (C=O) groups excluding carboxylic acids is 2. The molecule has 2 aliphatic rings. The van der Waals surface area contributed by atoms with Gasteiger partial charge in [-0.3, -0.25) is 19.0 Å². The summed E-state index contributed by atoms with van der Waals surface area (Å²) >= 11 is 0. The molecule has 1 atom stereocenters. The SMILES string of the molecule is Cn1cc(C(=O)NCC2CCCN2C(=O)c2cnn(CC3CC3)c2)cn1. The van der Waals surface area contributed by atoms with Crippen LogP contribution in [0.4, 0.5) is 0 Å². The molecule has 2 fully saturated rings. The van der Waals surface area contributed by atoms with Gasteiger partial charge in [0.15, 0.2) is 0 Å². The number of aryl methyl sites for hydroxylation is 1. The molecular weight excluding hydrogens is 332 g/mol. The number of nitrogens with one attached hydrogen (secondary N) is 1. The Morgan fingerprint density at radius 2 is 1.96 bits per heavy atom. The summed E-state index contributed by atoms with van der Waals surface area (Å²) < 4.78 is 3.47. The van der Waals surface area contributed by atoms with Gasteiger partial charge in [0.25, 0.3) is 11.8 Å². The summed E-state index contributed by atoms with van der Waals surface area (Å²) in [6.07, 6.45) is 11.1. The number of hydrogen-bond acceptors (Lipinski definition) is 4. The van der Waals surface area contributed by atoms with Crippen LogP contribution in [0.15, 0.2) is 24.8 Å². The van der Waals surface area contributed by atoms with Crippen molar-refractivity contribution in [3.63, 3.8) is 0 Å². The fourth-order valence-corrected chi connectivity index (χ4v) is 3.47. The molecule has 1 saturated carbocycles. The third kappa shape index (κ3) is 3.63. The van der Waals surface area contributed by atoms with Crippen LogP contribution < -0.4 is 5.32 Å². The van der Waals surface area contributed by atoms with Gasteiger partial charge in [-0.25, -0.2) is 0 Å². The summed E-state index contributed by atoms with van der Waals surface area (Å²) in [6, 6.07) is 0.0231. The summed E-state index contributed by atoms with van der Waals surface area (Å²) in [4.78, 5) is 26.9. The van der Waals surface area contributed by atoms with Gasteiger partial charge in [-0.1, -0.05) is 0 Å². The molecule has 26 heavy (non-hydrogen) atoms. The van der Waals surface area contributed by atoms with Crippen LogP contribution in [0.1, 0.15) is 46.4 Å². The summed E-state index contributed by atoms with van der Waals surface area (Å²) in [5.74, 6) is 0.569. The van der Waals surface area contributed by atoms with Crippen LogP contribution in [-0.2, 0) is 13.6 Å². The molecule has 1 aliphatic heterocycles. The molecule has 2 amide bonds. The molecule has 1 aliphatic carbocycles. The molecule has 1 saturated heterocycles. The van der Waals surface area contributed by atoms with Gasteiger partial charge in [0.1, 0.15) is 0 Å². The van der Waals surface area contributed by atoms with Gasteiger partial charge in [-0.05, 0) is 31.6 Å². The Morgan fingerprint density at radius 1 is 1.15 bits per heavy atom. The van der Waals surface area contributed by atoms with E-state index in [4.69, 9.17) is 0 Å². The lowest BCUT2D eigenvalue weighted by Crippen LogP contribution is -2.43. The molecule has 4 rings (SSSR count). The molecule has 0 spiro atoms. The van der Waals surface area contributed by atoms with Crippen molar-refractivity contribution in [3.05, 3.63) is 35.9 Å². The highest BCUT2D eigenvalue weighted by molar-refractivity contribution is 5.95. The first kappa shape index (κ1) is 16.8. The molecule has 3 heterocycles. The fraction of sp³-hybridized carbons (Fsp3) is 0.556. The van der Waals surface area contributed by atoms with Crippen molar-refractivity contribution in [1.29, 1.82) is 0 Å². The van der Waals surface area contributed by atoms with E-state index in [0.717, 1.165) is 31.8 Å². The van der Waals surface area contributed by atoms with E-state index in [1.165, 1.54) is 12.8 Å². The molecule has 0 bridgehead atoms. The van der Waals surface area contributed by atoms with E-state index in [1.807, 2.05) is 15.8 Å². The van der Waals surface area contributed by atoms with E-state index < -0.39 is 0 Å². The topological polar surface area (TPSA) is 85.0 Å². The third-order valence-electron chi connectivity index (χ3n) is 5.13. The van der Waals surface area contributed by atoms with Crippen molar-refractivity contribution >= 4 is 11.8 Å². The number of carbonyl (C=O) groups is 2. The molecule has 1 unspecified atom stereocenters. The van der Waals surface area contributed by atoms with Crippen LogP contribution >= 0.6 is 0 Å². The minimum absolute atomic E-state index is 0.00479. The second kappa shape index (κ2) is 6.93. The molecule has 2 aromatic heterocycles. The van der Waals surface area contributed by atoms with Gasteiger partial charge in [-0.2, -0.15) is 10.2 Å². The number of hydrogen-bond donors (Lipinski definition) is 1. The highest BCUT2D eigenvalue weighted by Crippen LogP contribution is 2.30. The standard InChI is InChI=1S/C18H24N6O2/c1-22-11-14(7-20-22)17(25)19-9-16-3-2-6-24(16)18(26)15-8-21-23(12-15)10-13-4-5-13/h7-8,11-13,16H,2-6,9-10H2,1H3,(H,19,25). The highest BCUT2D eigenvalue weighted by atomic mass is 16.2. The molecule has 0 radical (unpaired) electrons. The second-order valence-corrected chi connectivity index (χ2v) is 7.30. The first-order valence-electron chi connectivity index (χ1n) is 9.20. The van der Waals surface area contributed by atoms with E-state index in [9.17, 15) is 9.59 Å². The predicted octanol–water partition coefficient (Wildman–Crippen LogP) is 1.06. The van der Waals surface area contributed by atoms with Crippen molar-refractivity contribution in [2.24, 2.45) is 13.0 Å². The Morgan fingerprint density at radius 3 is 2.69 bits per heavy atom. The van der Waals surface area contributed by atoms with Crippen LogP contribution in [0.5, 0.6) is 0 Å². The maximum absolute atomic E-state index is 12.8. The molecule has 0 aromatic carbocycles. The van der Waals surface area contributed by atoms with Gasteiger partial charge < -0.3 is 10.2 Å². The monoisotopic (exact) mass is 356 g/mol. The Kier molecular flexibility index (Phi) is 4.48. The largest absolute Gasteiger partial charge is 0.350 e. The van der Waals surface area contributed by atoms with Gasteiger partial charge in [0, 0.05) is 45.1 Å². The van der Waals surface area contributed by atoms with E-state index in [0.29, 0.717) is 17.7 Å². The van der Waals surface area contributed by atoms with E-state index in [-0.39, 0.29) is 17.9 Å². The van der Waals surface area contributed by atoms with Crippen molar-refractivity contribution < 1.29 is 9.59 Å². The van der Waals surface area contributed by atoms with Crippen molar-refractivity contribution in [3.8, 4) is 0 Å². The minimum Gasteiger partial charge on any atom is -0.350 e. The highest BCUT2D eigenvalue weighted by Gasteiger charge is 2.31. The first-order valence-corrected chi connectivity index (χ1v) is 9.20. The predicted molar refractivity (Wildman–Crippen MR) is 94.6 cm³/mol. The van der Waals surface area contributed by atoms with E-state index in [2.05, 4.69) is 15.5 Å². The summed E-state index contributed by atoms with van der Waals surface area (Å²) in [5, 5.41) is 11.3. The third-order valence-corrected chi connectivity index (χ3v) is 5.13. The molecule has 8 heteroatoms. The zero-order chi connectivity index (χ0) is 18.1. The van der Waals surface area contributed by atoms with Crippen molar-refractivity contribution in [1.82, 2.24) is 29.8 Å². The maximum atomic E-state index is 12.8. The van der Waals surface area contributed by atoms with Crippen LogP contribution in [0.2, 0.25) is 0 Å². The number of nitrogens with zero attached hydrogens (tertiary/aromatic N) is 5. The summed E-state index contributed by atoms with van der Waals surface area (Å²) in [6.45, 7) is 2.08. The Balaban J connectivity index is 1.35. The van der Waals surface area contributed by atoms with Crippen LogP contribution in [-0.4, -0.2) is 55.4 Å². The van der Waals surface area contributed by atoms with Crippen LogP contribution in [0.3, 0.4) is 0 Å². The number of likely N-dealkylation sites (tertiary alicyclic amines) is 1. The second-order valence-electron chi connectivity index (χ2n) is 7.30. The fourth-order valence-electron chi connectivity index (χ4n) is 3.47. The smallest absolute Gasteiger partial charge is 0.257 e. The number of rotatable bonds is 6. The molecule has 2 aromatic rings. The summed E-state index contributed by atoms with van der Waals surface area (Å²) in [5.41, 5.74) is 1.17. The average Bonchev–Trinajstić information content (AvgIpc) is 3.05. The van der Waals surface area contributed by atoms with Crippen molar-refractivity contribution in [2.75, 3.05) is 13.1 Å². The van der Waals surface area contributed by atoms with E-state index >= 15 is 0 Å². The maximum Gasteiger partial charge on any atom is 0.257 e. The Bertz CT molecular complexity index is 806. The van der Waals surface area contributed by atoms with Gasteiger partial charge in [0.05, 0.1) is 23.5 Å². The van der Waals surface area contributed by atoms with Gasteiger partial charge in [-0.15, -0.1) is 0 Å². The van der Waals surface area contributed by atoms with Crippen LogP contribution in [0.25, 0.3) is 0 Å². The van der Waals surface area contributed by atoms with Crippen LogP contribution in [0, 0.1) is 5.92 Å². The van der Waals surface area contributed by atoms with Gasteiger partial charge in [0.2, 0.25) is 0 Å². The molecule has 8 nitrogen and oxygen atoms in total. The molecule has 1 N–H and O–H groups in total.